The first-order chi connectivity index (χ1) is 24.2. The van der Waals surface area contributed by atoms with Gasteiger partial charge in [-0.2, -0.15) is 0 Å². The maximum atomic E-state index is 2.43. The molecule has 1 heterocycles. The van der Waals surface area contributed by atoms with Crippen LogP contribution in [0.15, 0.2) is 188 Å². The number of aromatic nitrogens is 1. The van der Waals surface area contributed by atoms with E-state index < -0.39 is 0 Å². The van der Waals surface area contributed by atoms with Crippen LogP contribution in [0, 0.1) is 6.92 Å². The highest BCUT2D eigenvalue weighted by atomic mass is 15.1. The van der Waals surface area contributed by atoms with Crippen molar-refractivity contribution in [2.24, 2.45) is 0 Å². The Labute approximate surface area is 286 Å². The molecule has 0 N–H and O–H groups in total. The summed E-state index contributed by atoms with van der Waals surface area (Å²) >= 11 is 0. The van der Waals surface area contributed by atoms with Crippen LogP contribution in [0.1, 0.15) is 5.56 Å². The maximum absolute atomic E-state index is 2.43. The van der Waals surface area contributed by atoms with Crippen LogP contribution in [-0.4, -0.2) is 4.57 Å². The van der Waals surface area contributed by atoms with E-state index in [0.29, 0.717) is 0 Å². The molecule has 0 aliphatic carbocycles. The summed E-state index contributed by atoms with van der Waals surface area (Å²) in [6.45, 7) is 2.21. The third-order valence-electron chi connectivity index (χ3n) is 9.69. The van der Waals surface area contributed by atoms with E-state index in [2.05, 4.69) is 204 Å². The van der Waals surface area contributed by atoms with Crippen LogP contribution in [-0.2, 0) is 0 Å². The number of aryl methyl sites for hydroxylation is 1. The van der Waals surface area contributed by atoms with Crippen LogP contribution in [0.25, 0.3) is 60.5 Å². The number of hydrogen-bond acceptors (Lipinski definition) is 1. The molecule has 0 amide bonds. The Hall–Kier alpha value is -6.38. The largest absolute Gasteiger partial charge is 0.310 e. The number of para-hydroxylation sites is 2. The monoisotopic (exact) mass is 626 g/mol. The average molecular weight is 627 g/mol. The van der Waals surface area contributed by atoms with E-state index in [0.717, 1.165) is 22.7 Å². The molecule has 9 rings (SSSR count). The minimum absolute atomic E-state index is 1.11. The van der Waals surface area contributed by atoms with Gasteiger partial charge in [-0.25, -0.2) is 0 Å². The lowest BCUT2D eigenvalue weighted by Gasteiger charge is -2.26. The lowest BCUT2D eigenvalue weighted by atomic mass is 9.94. The van der Waals surface area contributed by atoms with E-state index in [9.17, 15) is 0 Å². The third kappa shape index (κ3) is 4.97. The average Bonchev–Trinajstić information content (AvgIpc) is 3.51. The van der Waals surface area contributed by atoms with Gasteiger partial charge in [0, 0.05) is 27.8 Å². The first-order valence-corrected chi connectivity index (χ1v) is 16.9. The molecule has 49 heavy (non-hydrogen) atoms. The van der Waals surface area contributed by atoms with Crippen LogP contribution < -0.4 is 4.90 Å². The molecule has 0 fully saturated rings. The zero-order valence-electron chi connectivity index (χ0n) is 27.3. The molecular weight excluding hydrogens is 593 g/mol. The Morgan fingerprint density at radius 3 is 1.86 bits per heavy atom. The van der Waals surface area contributed by atoms with Crippen molar-refractivity contribution >= 4 is 49.6 Å². The highest BCUT2D eigenvalue weighted by Crippen LogP contribution is 2.44. The Kier molecular flexibility index (Phi) is 7.06. The smallest absolute Gasteiger partial charge is 0.0562 e. The van der Waals surface area contributed by atoms with Crippen molar-refractivity contribution in [1.29, 1.82) is 0 Å². The summed E-state index contributed by atoms with van der Waals surface area (Å²) in [5.74, 6) is 0. The van der Waals surface area contributed by atoms with Crippen LogP contribution in [0.4, 0.5) is 17.1 Å². The molecule has 0 aliphatic heterocycles. The molecule has 0 spiro atoms. The molecule has 2 heteroatoms. The minimum Gasteiger partial charge on any atom is -0.310 e. The van der Waals surface area contributed by atoms with Gasteiger partial charge in [-0.05, 0) is 100 Å². The van der Waals surface area contributed by atoms with Gasteiger partial charge in [0.1, 0.15) is 0 Å². The zero-order chi connectivity index (χ0) is 32.7. The van der Waals surface area contributed by atoms with E-state index in [1.165, 1.54) is 60.4 Å². The molecular formula is C47H34N2. The number of benzene rings is 8. The summed E-state index contributed by atoms with van der Waals surface area (Å²) in [5, 5.41) is 4.98. The second-order valence-corrected chi connectivity index (χ2v) is 12.6. The van der Waals surface area contributed by atoms with Crippen molar-refractivity contribution < 1.29 is 0 Å². The van der Waals surface area contributed by atoms with Gasteiger partial charge >= 0.3 is 0 Å². The van der Waals surface area contributed by atoms with Crippen molar-refractivity contribution in [2.75, 3.05) is 4.90 Å². The normalized spacial score (nSPS) is 11.4. The zero-order valence-corrected chi connectivity index (χ0v) is 27.3. The van der Waals surface area contributed by atoms with Crippen LogP contribution in [0.2, 0.25) is 0 Å². The first-order valence-electron chi connectivity index (χ1n) is 16.9. The molecule has 0 unspecified atom stereocenters. The quantitative estimate of drug-likeness (QED) is 0.178. The van der Waals surface area contributed by atoms with E-state index in [-0.39, 0.29) is 0 Å². The predicted octanol–water partition coefficient (Wildman–Crippen LogP) is 13.0. The van der Waals surface area contributed by atoms with Gasteiger partial charge in [0.15, 0.2) is 0 Å². The molecule has 0 saturated carbocycles. The van der Waals surface area contributed by atoms with E-state index >= 15 is 0 Å². The molecule has 0 atom stereocenters. The number of hydrogen-bond donors (Lipinski definition) is 0. The Balaban J connectivity index is 1.26. The van der Waals surface area contributed by atoms with Gasteiger partial charge in [-0.15, -0.1) is 0 Å². The van der Waals surface area contributed by atoms with E-state index in [1.54, 1.807) is 0 Å². The van der Waals surface area contributed by atoms with Crippen molar-refractivity contribution in [3.8, 4) is 27.9 Å². The van der Waals surface area contributed by atoms with Crippen LogP contribution in [0.3, 0.4) is 0 Å². The first kappa shape index (κ1) is 28.8. The second-order valence-electron chi connectivity index (χ2n) is 12.6. The summed E-state index contributed by atoms with van der Waals surface area (Å²) in [6.07, 6.45) is 0. The molecule has 8 aromatic carbocycles. The summed E-state index contributed by atoms with van der Waals surface area (Å²) < 4.78 is 2.43. The maximum Gasteiger partial charge on any atom is 0.0562 e. The standard InChI is InChI=1S/C47H34N2/c1-33-26-27-36-16-8-9-21-41(36)46(33)37-17-12-20-40(32-37)49-43-23-11-10-22-42(43)47-44(24-13-25-45(47)49)48(38-18-6-3-7-19-38)39-30-28-35(29-31-39)34-14-4-2-5-15-34/h2-32H,1H3. The van der Waals surface area contributed by atoms with Gasteiger partial charge < -0.3 is 9.47 Å². The Morgan fingerprint density at radius 1 is 0.429 bits per heavy atom. The Bertz CT molecular complexity index is 2600. The molecule has 232 valence electrons. The van der Waals surface area contributed by atoms with Gasteiger partial charge in [-0.1, -0.05) is 133 Å². The second kappa shape index (κ2) is 12.0. The lowest BCUT2D eigenvalue weighted by molar-refractivity contribution is 1.18. The van der Waals surface area contributed by atoms with Crippen molar-refractivity contribution in [1.82, 2.24) is 4.57 Å². The molecule has 0 saturated heterocycles. The predicted molar refractivity (Wildman–Crippen MR) is 209 cm³/mol. The lowest BCUT2D eigenvalue weighted by Crippen LogP contribution is -2.10. The number of nitrogens with zero attached hydrogens (tertiary/aromatic N) is 2. The Morgan fingerprint density at radius 2 is 1.04 bits per heavy atom. The molecule has 0 aliphatic rings. The number of rotatable bonds is 6. The molecule has 1 aromatic heterocycles. The van der Waals surface area contributed by atoms with Crippen molar-refractivity contribution in [3.05, 3.63) is 194 Å². The fourth-order valence-electron chi connectivity index (χ4n) is 7.47. The summed E-state index contributed by atoms with van der Waals surface area (Å²) in [6, 6.07) is 67.9. The van der Waals surface area contributed by atoms with Gasteiger partial charge in [-0.3, -0.25) is 0 Å². The molecule has 2 nitrogen and oxygen atoms in total. The van der Waals surface area contributed by atoms with Crippen LogP contribution in [0.5, 0.6) is 0 Å². The number of fused-ring (bicyclic) bond motifs is 4. The fraction of sp³-hybridized carbons (Fsp3) is 0.0213. The fourth-order valence-corrected chi connectivity index (χ4v) is 7.47. The molecule has 0 radical (unpaired) electrons. The molecule has 9 aromatic rings. The van der Waals surface area contributed by atoms with E-state index in [1.807, 2.05) is 0 Å². The van der Waals surface area contributed by atoms with Crippen molar-refractivity contribution in [2.45, 2.75) is 6.92 Å². The van der Waals surface area contributed by atoms with Crippen LogP contribution >= 0.6 is 0 Å². The van der Waals surface area contributed by atoms with Gasteiger partial charge in [0.25, 0.3) is 0 Å². The molecule has 0 bridgehead atoms. The minimum atomic E-state index is 1.11. The van der Waals surface area contributed by atoms with E-state index in [4.69, 9.17) is 0 Å². The van der Waals surface area contributed by atoms with Gasteiger partial charge in [0.05, 0.1) is 16.7 Å². The number of anilines is 3. The summed E-state index contributed by atoms with van der Waals surface area (Å²) in [5.41, 5.74) is 13.1. The summed E-state index contributed by atoms with van der Waals surface area (Å²) in [7, 11) is 0. The highest BCUT2D eigenvalue weighted by molar-refractivity contribution is 6.16. The van der Waals surface area contributed by atoms with Crippen molar-refractivity contribution in [3.63, 3.8) is 0 Å². The van der Waals surface area contributed by atoms with Gasteiger partial charge in [0.2, 0.25) is 0 Å². The summed E-state index contributed by atoms with van der Waals surface area (Å²) in [4.78, 5) is 2.39. The highest BCUT2D eigenvalue weighted by Gasteiger charge is 2.21. The topological polar surface area (TPSA) is 8.17 Å². The SMILES string of the molecule is Cc1ccc2ccccc2c1-c1cccc(-n2c3ccccc3c3c(N(c4ccccc4)c4ccc(-c5ccccc5)cc4)cccc32)c1. The third-order valence-corrected chi connectivity index (χ3v) is 9.69.